The minimum Gasteiger partial charge on any atom is -0.495 e. The number of para-hydroxylation sites is 2. The van der Waals surface area contributed by atoms with Crippen LogP contribution in [0.4, 0.5) is 11.4 Å². The van der Waals surface area contributed by atoms with E-state index in [9.17, 15) is 0 Å². The first kappa shape index (κ1) is 15.9. The van der Waals surface area contributed by atoms with Crippen LogP contribution in [-0.4, -0.2) is 7.11 Å². The van der Waals surface area contributed by atoms with Crippen LogP contribution in [0.15, 0.2) is 72.8 Å². The Hall–Kier alpha value is -2.94. The van der Waals surface area contributed by atoms with E-state index < -0.39 is 0 Å². The fraction of sp³-hybridized carbons (Fsp3) is 0.143. The lowest BCUT2D eigenvalue weighted by atomic mass is 10.2. The fourth-order valence-electron chi connectivity index (χ4n) is 2.47. The number of methoxy groups -OCH3 is 1. The molecule has 0 saturated heterocycles. The van der Waals surface area contributed by atoms with Gasteiger partial charge in [-0.2, -0.15) is 0 Å². The maximum Gasteiger partial charge on any atom is 0.142 e. The molecule has 3 heteroatoms. The van der Waals surface area contributed by atoms with Gasteiger partial charge in [0.05, 0.1) is 12.8 Å². The van der Waals surface area contributed by atoms with Crippen molar-refractivity contribution in [2.75, 3.05) is 12.4 Å². The number of anilines is 2. The summed E-state index contributed by atoms with van der Waals surface area (Å²) in [7, 11) is 1.67. The molecule has 0 heterocycles. The van der Waals surface area contributed by atoms with Crippen LogP contribution in [0.3, 0.4) is 0 Å². The molecular formula is C21H21NO2. The van der Waals surface area contributed by atoms with Crippen molar-refractivity contribution in [1.29, 1.82) is 0 Å². The molecule has 122 valence electrons. The number of nitrogens with one attached hydrogen (secondary N) is 1. The first-order chi connectivity index (χ1) is 11.8. The maximum absolute atomic E-state index is 5.99. The van der Waals surface area contributed by atoms with Crippen LogP contribution in [0.1, 0.15) is 11.1 Å². The largest absolute Gasteiger partial charge is 0.495 e. The average Bonchev–Trinajstić information content (AvgIpc) is 2.63. The van der Waals surface area contributed by atoms with Crippen molar-refractivity contribution in [1.82, 2.24) is 0 Å². The van der Waals surface area contributed by atoms with Gasteiger partial charge >= 0.3 is 0 Å². The number of aryl methyl sites for hydroxylation is 1. The SMILES string of the molecule is COc1ccccc1Nc1ccc(C)c(OCc2ccccc2)c1. The molecule has 0 saturated carbocycles. The number of ether oxygens (including phenoxy) is 2. The van der Waals surface area contributed by atoms with Gasteiger partial charge in [-0.15, -0.1) is 0 Å². The summed E-state index contributed by atoms with van der Waals surface area (Å²) in [6.07, 6.45) is 0. The van der Waals surface area contributed by atoms with Crippen molar-refractivity contribution in [2.45, 2.75) is 13.5 Å². The lowest BCUT2D eigenvalue weighted by molar-refractivity contribution is 0.304. The maximum atomic E-state index is 5.99. The second kappa shape index (κ2) is 7.55. The predicted octanol–water partition coefficient (Wildman–Crippen LogP) is 5.33. The summed E-state index contributed by atoms with van der Waals surface area (Å²) >= 11 is 0. The fourth-order valence-corrected chi connectivity index (χ4v) is 2.47. The zero-order chi connectivity index (χ0) is 16.8. The van der Waals surface area contributed by atoms with E-state index in [1.54, 1.807) is 7.11 Å². The molecule has 3 nitrogen and oxygen atoms in total. The molecule has 0 aliphatic rings. The molecule has 3 aromatic rings. The van der Waals surface area contributed by atoms with E-state index in [2.05, 4.69) is 23.5 Å². The summed E-state index contributed by atoms with van der Waals surface area (Å²) in [5.74, 6) is 1.68. The van der Waals surface area contributed by atoms with Gasteiger partial charge in [-0.1, -0.05) is 48.5 Å². The summed E-state index contributed by atoms with van der Waals surface area (Å²) in [4.78, 5) is 0. The highest BCUT2D eigenvalue weighted by atomic mass is 16.5. The van der Waals surface area contributed by atoms with E-state index in [0.717, 1.165) is 34.0 Å². The molecule has 0 fully saturated rings. The molecule has 3 aromatic carbocycles. The highest BCUT2D eigenvalue weighted by Gasteiger charge is 2.05. The number of benzene rings is 3. The van der Waals surface area contributed by atoms with Gasteiger partial charge in [0.2, 0.25) is 0 Å². The third-order valence-corrected chi connectivity index (χ3v) is 3.81. The van der Waals surface area contributed by atoms with E-state index in [1.807, 2.05) is 61.5 Å². The highest BCUT2D eigenvalue weighted by Crippen LogP contribution is 2.30. The molecule has 0 atom stereocenters. The quantitative estimate of drug-likeness (QED) is 0.666. The van der Waals surface area contributed by atoms with Gasteiger partial charge in [0.15, 0.2) is 0 Å². The summed E-state index contributed by atoms with van der Waals surface area (Å²) in [6.45, 7) is 2.60. The smallest absolute Gasteiger partial charge is 0.142 e. The lowest BCUT2D eigenvalue weighted by Crippen LogP contribution is -1.99. The second-order valence-corrected chi connectivity index (χ2v) is 5.58. The van der Waals surface area contributed by atoms with E-state index in [0.29, 0.717) is 6.61 Å². The average molecular weight is 319 g/mol. The molecule has 24 heavy (non-hydrogen) atoms. The summed E-state index contributed by atoms with van der Waals surface area (Å²) < 4.78 is 11.4. The lowest BCUT2D eigenvalue weighted by Gasteiger charge is -2.14. The van der Waals surface area contributed by atoms with Crippen LogP contribution >= 0.6 is 0 Å². The molecule has 0 aromatic heterocycles. The summed E-state index contributed by atoms with van der Waals surface area (Å²) in [5.41, 5.74) is 4.16. The van der Waals surface area contributed by atoms with Gasteiger partial charge in [-0.25, -0.2) is 0 Å². The first-order valence-electron chi connectivity index (χ1n) is 7.93. The van der Waals surface area contributed by atoms with E-state index >= 15 is 0 Å². The Labute approximate surface area is 142 Å². The molecule has 0 aliphatic carbocycles. The Morgan fingerprint density at radius 3 is 2.38 bits per heavy atom. The highest BCUT2D eigenvalue weighted by molar-refractivity contribution is 5.67. The second-order valence-electron chi connectivity index (χ2n) is 5.58. The monoisotopic (exact) mass is 319 g/mol. The summed E-state index contributed by atoms with van der Waals surface area (Å²) in [5, 5.41) is 3.38. The molecule has 3 rings (SSSR count). The Morgan fingerprint density at radius 1 is 0.833 bits per heavy atom. The van der Waals surface area contributed by atoms with Crippen LogP contribution < -0.4 is 14.8 Å². The van der Waals surface area contributed by atoms with Gasteiger partial charge in [0.1, 0.15) is 18.1 Å². The molecule has 0 radical (unpaired) electrons. The minimum absolute atomic E-state index is 0.555. The number of rotatable bonds is 6. The standard InChI is InChI=1S/C21H21NO2/c1-16-12-13-18(22-19-10-6-7-11-20(19)23-2)14-21(16)24-15-17-8-4-3-5-9-17/h3-14,22H,15H2,1-2H3. The van der Waals surface area contributed by atoms with E-state index in [1.165, 1.54) is 0 Å². The third kappa shape index (κ3) is 3.87. The molecule has 0 bridgehead atoms. The van der Waals surface area contributed by atoms with Crippen LogP contribution in [0.2, 0.25) is 0 Å². The Kier molecular flexibility index (Phi) is 5.02. The van der Waals surface area contributed by atoms with Crippen molar-refractivity contribution < 1.29 is 9.47 Å². The predicted molar refractivity (Wildman–Crippen MR) is 98.2 cm³/mol. The van der Waals surface area contributed by atoms with Crippen LogP contribution in [0, 0.1) is 6.92 Å². The van der Waals surface area contributed by atoms with Gasteiger partial charge in [0, 0.05) is 11.8 Å². The van der Waals surface area contributed by atoms with Crippen LogP contribution in [0.5, 0.6) is 11.5 Å². The Morgan fingerprint density at radius 2 is 1.58 bits per heavy atom. The topological polar surface area (TPSA) is 30.5 Å². The molecule has 0 amide bonds. The molecule has 0 aliphatic heterocycles. The van der Waals surface area contributed by atoms with Crippen molar-refractivity contribution in [3.05, 3.63) is 83.9 Å². The van der Waals surface area contributed by atoms with Gasteiger partial charge in [-0.3, -0.25) is 0 Å². The van der Waals surface area contributed by atoms with Gasteiger partial charge in [-0.05, 0) is 36.2 Å². The zero-order valence-corrected chi connectivity index (χ0v) is 14.0. The minimum atomic E-state index is 0.555. The molecule has 0 spiro atoms. The van der Waals surface area contributed by atoms with Crippen molar-refractivity contribution in [3.8, 4) is 11.5 Å². The normalized spacial score (nSPS) is 10.2. The van der Waals surface area contributed by atoms with Crippen LogP contribution in [0.25, 0.3) is 0 Å². The molecule has 1 N–H and O–H groups in total. The number of hydrogen-bond donors (Lipinski definition) is 1. The van der Waals surface area contributed by atoms with Crippen LogP contribution in [-0.2, 0) is 6.61 Å². The zero-order valence-electron chi connectivity index (χ0n) is 14.0. The Bertz CT molecular complexity index is 800. The first-order valence-corrected chi connectivity index (χ1v) is 7.93. The van der Waals surface area contributed by atoms with Gasteiger partial charge < -0.3 is 14.8 Å². The van der Waals surface area contributed by atoms with E-state index in [-0.39, 0.29) is 0 Å². The number of hydrogen-bond acceptors (Lipinski definition) is 3. The van der Waals surface area contributed by atoms with Crippen molar-refractivity contribution >= 4 is 11.4 Å². The van der Waals surface area contributed by atoms with E-state index in [4.69, 9.17) is 9.47 Å². The van der Waals surface area contributed by atoms with Crippen molar-refractivity contribution in [3.63, 3.8) is 0 Å². The molecular weight excluding hydrogens is 298 g/mol. The van der Waals surface area contributed by atoms with Gasteiger partial charge in [0.25, 0.3) is 0 Å². The Balaban J connectivity index is 1.76. The summed E-state index contributed by atoms with van der Waals surface area (Å²) in [6, 6.07) is 24.1. The molecule has 0 unspecified atom stereocenters. The van der Waals surface area contributed by atoms with Crippen molar-refractivity contribution in [2.24, 2.45) is 0 Å². The third-order valence-electron chi connectivity index (χ3n) is 3.81.